The van der Waals surface area contributed by atoms with E-state index in [9.17, 15) is 13.2 Å². The summed E-state index contributed by atoms with van der Waals surface area (Å²) in [4.78, 5) is 8.46. The van der Waals surface area contributed by atoms with Gasteiger partial charge >= 0.3 is 0 Å². The predicted octanol–water partition coefficient (Wildman–Crippen LogP) is 7.29. The van der Waals surface area contributed by atoms with Crippen LogP contribution in [0.15, 0.2) is 73.5 Å². The van der Waals surface area contributed by atoms with Crippen LogP contribution in [0.2, 0.25) is 0 Å². The Morgan fingerprint density at radius 3 is 2.42 bits per heavy atom. The topological polar surface area (TPSA) is 37.8 Å². The van der Waals surface area contributed by atoms with Gasteiger partial charge in [-0.2, -0.15) is 0 Å². The van der Waals surface area contributed by atoms with Gasteiger partial charge < -0.3 is 5.32 Å². The highest BCUT2D eigenvalue weighted by Gasteiger charge is 2.11. The van der Waals surface area contributed by atoms with Crippen LogP contribution >= 0.6 is 0 Å². The first-order valence-corrected chi connectivity index (χ1v) is 9.92. The number of anilines is 1. The van der Waals surface area contributed by atoms with Crippen molar-refractivity contribution >= 4 is 11.4 Å². The Kier molecular flexibility index (Phi) is 11.4. The molecule has 0 aliphatic carbocycles. The molecule has 0 amide bonds. The van der Waals surface area contributed by atoms with Gasteiger partial charge in [0, 0.05) is 24.4 Å². The fourth-order valence-corrected chi connectivity index (χ4v) is 2.34. The molecule has 1 heterocycles. The quantitative estimate of drug-likeness (QED) is 0.509. The molecule has 0 aliphatic heterocycles. The van der Waals surface area contributed by atoms with E-state index < -0.39 is 17.5 Å². The lowest BCUT2D eigenvalue weighted by molar-refractivity contribution is 0.511. The molecule has 0 fully saturated rings. The first kappa shape index (κ1) is 25.6. The summed E-state index contributed by atoms with van der Waals surface area (Å²) in [5.74, 6) is -2.69. The first-order chi connectivity index (χ1) is 14.9. The van der Waals surface area contributed by atoms with Crippen molar-refractivity contribution < 1.29 is 13.2 Å². The minimum Gasteiger partial charge on any atom is -0.371 e. The molecular formula is C25H28F3N3. The fourth-order valence-electron chi connectivity index (χ4n) is 2.34. The first-order valence-electron chi connectivity index (χ1n) is 9.92. The van der Waals surface area contributed by atoms with Crippen LogP contribution in [0.4, 0.5) is 19.0 Å². The van der Waals surface area contributed by atoms with Crippen molar-refractivity contribution in [3.8, 4) is 11.1 Å². The lowest BCUT2D eigenvalue weighted by Crippen LogP contribution is -1.98. The summed E-state index contributed by atoms with van der Waals surface area (Å²) in [5, 5.41) is 2.66. The Hall–Kier alpha value is -3.41. The van der Waals surface area contributed by atoms with Gasteiger partial charge in [-0.05, 0) is 30.7 Å². The Bertz CT molecular complexity index is 997. The Morgan fingerprint density at radius 2 is 1.81 bits per heavy atom. The highest BCUT2D eigenvalue weighted by molar-refractivity contribution is 5.71. The Labute approximate surface area is 182 Å². The maximum absolute atomic E-state index is 14.8. The lowest BCUT2D eigenvalue weighted by atomic mass is 10.1. The van der Waals surface area contributed by atoms with E-state index in [0.29, 0.717) is 5.57 Å². The number of hydrogen-bond acceptors (Lipinski definition) is 3. The van der Waals surface area contributed by atoms with Crippen LogP contribution < -0.4 is 5.32 Å². The second-order valence-electron chi connectivity index (χ2n) is 6.28. The largest absolute Gasteiger partial charge is 0.371 e. The summed E-state index contributed by atoms with van der Waals surface area (Å²) in [5.41, 5.74) is 0.657. The summed E-state index contributed by atoms with van der Waals surface area (Å²) in [7, 11) is 1.50. The third kappa shape index (κ3) is 7.74. The van der Waals surface area contributed by atoms with Gasteiger partial charge in [0.1, 0.15) is 0 Å². The number of allylic oxidation sites excluding steroid dienone is 5. The second kappa shape index (κ2) is 13.7. The zero-order valence-electron chi connectivity index (χ0n) is 18.3. The molecule has 31 heavy (non-hydrogen) atoms. The van der Waals surface area contributed by atoms with Gasteiger partial charge in [0.2, 0.25) is 0 Å². The van der Waals surface area contributed by atoms with Gasteiger partial charge in [-0.1, -0.05) is 69.4 Å². The van der Waals surface area contributed by atoms with Crippen LogP contribution in [0, 0.1) is 17.5 Å². The SMILES string of the molecule is C=C/C(=C\C=C/C)c1ncccc(-c2cccc(F)c2F)cc(F)c(NC)n1.CCC. The Morgan fingerprint density at radius 1 is 1.10 bits per heavy atom. The zero-order valence-corrected chi connectivity index (χ0v) is 18.3. The molecule has 0 spiro atoms. The van der Waals surface area contributed by atoms with Crippen LogP contribution in [-0.4, -0.2) is 17.0 Å². The normalized spacial score (nSPS) is 10.7. The molecule has 1 N–H and O–H groups in total. The van der Waals surface area contributed by atoms with E-state index in [1.54, 1.807) is 18.2 Å². The van der Waals surface area contributed by atoms with E-state index in [4.69, 9.17) is 0 Å². The maximum Gasteiger partial charge on any atom is 0.166 e. The lowest BCUT2D eigenvalue weighted by Gasteiger charge is -2.05. The average molecular weight is 428 g/mol. The average Bonchev–Trinajstić information content (AvgIpc) is 2.76. The Balaban J connectivity index is 0.00000151. The minimum absolute atomic E-state index is 0.0696. The van der Waals surface area contributed by atoms with Crippen LogP contribution in [0.1, 0.15) is 33.0 Å². The molecule has 3 nitrogen and oxygen atoms in total. The number of halogens is 3. The van der Waals surface area contributed by atoms with Crippen molar-refractivity contribution in [2.45, 2.75) is 27.2 Å². The molecule has 0 saturated carbocycles. The van der Waals surface area contributed by atoms with Crippen molar-refractivity contribution in [2.24, 2.45) is 0 Å². The minimum atomic E-state index is -1.06. The number of rotatable bonds is 5. The molecule has 2 rings (SSSR count). The summed E-state index contributed by atoms with van der Waals surface area (Å²) in [6, 6.07) is 7.76. The molecule has 1 aromatic heterocycles. The molecule has 0 bridgehead atoms. The molecule has 0 saturated heterocycles. The maximum atomic E-state index is 14.8. The van der Waals surface area contributed by atoms with Crippen molar-refractivity contribution in [2.75, 3.05) is 12.4 Å². The molecule has 6 heteroatoms. The van der Waals surface area contributed by atoms with Gasteiger partial charge in [-0.15, -0.1) is 0 Å². The molecule has 2 aromatic rings. The third-order valence-electron chi connectivity index (χ3n) is 3.73. The van der Waals surface area contributed by atoms with E-state index >= 15 is 0 Å². The smallest absolute Gasteiger partial charge is 0.166 e. The highest BCUT2D eigenvalue weighted by Crippen LogP contribution is 2.25. The number of aromatic nitrogens is 2. The van der Waals surface area contributed by atoms with Crippen molar-refractivity contribution in [3.63, 3.8) is 0 Å². The van der Waals surface area contributed by atoms with Crippen molar-refractivity contribution in [1.82, 2.24) is 9.97 Å². The molecule has 0 radical (unpaired) electrons. The monoisotopic (exact) mass is 427 g/mol. The predicted molar refractivity (Wildman–Crippen MR) is 123 cm³/mol. The van der Waals surface area contributed by atoms with Crippen LogP contribution in [0.3, 0.4) is 0 Å². The molecule has 0 unspecified atom stereocenters. The van der Waals surface area contributed by atoms with E-state index in [2.05, 4.69) is 35.7 Å². The molecule has 0 atom stereocenters. The summed E-state index contributed by atoms with van der Waals surface area (Å²) >= 11 is 0. The van der Waals surface area contributed by atoms with E-state index in [-0.39, 0.29) is 22.8 Å². The highest BCUT2D eigenvalue weighted by atomic mass is 19.2. The summed E-state index contributed by atoms with van der Waals surface area (Å²) in [6.07, 6.45) is 9.60. The third-order valence-corrected chi connectivity index (χ3v) is 3.73. The van der Waals surface area contributed by atoms with Gasteiger partial charge in [0.25, 0.3) is 0 Å². The number of nitrogens with zero attached hydrogens (tertiary/aromatic N) is 2. The number of benzene rings is 1. The molecule has 0 aliphatic rings. The number of hydrogen-bond donors (Lipinski definition) is 1. The van der Waals surface area contributed by atoms with Gasteiger partial charge in [-0.25, -0.2) is 23.1 Å². The molecule has 164 valence electrons. The van der Waals surface area contributed by atoms with Gasteiger partial charge in [0.15, 0.2) is 29.1 Å². The van der Waals surface area contributed by atoms with Crippen LogP contribution in [-0.2, 0) is 0 Å². The van der Waals surface area contributed by atoms with E-state index in [1.807, 2.05) is 13.0 Å². The van der Waals surface area contributed by atoms with E-state index in [0.717, 1.165) is 12.1 Å². The van der Waals surface area contributed by atoms with Gasteiger partial charge in [-0.3, -0.25) is 0 Å². The second-order valence-corrected chi connectivity index (χ2v) is 6.28. The molecule has 1 aromatic carbocycles. The number of nitrogens with one attached hydrogen (secondary N) is 1. The van der Waals surface area contributed by atoms with E-state index in [1.165, 1.54) is 43.9 Å². The summed E-state index contributed by atoms with van der Waals surface area (Å²) < 4.78 is 42.6. The van der Waals surface area contributed by atoms with Crippen molar-refractivity contribution in [1.29, 1.82) is 0 Å². The zero-order chi connectivity index (χ0) is 23.2. The van der Waals surface area contributed by atoms with Gasteiger partial charge in [0.05, 0.1) is 0 Å². The standard InChI is InChI=1S/C22H20F3N3.C3H8/c1-4-6-9-15(5-2)21-27-13-8-10-16(14-19(24)22(26-3)28-21)17-11-7-12-18(23)20(17)25;1-3-2/h4-14H,2H2,1,3H3,(H,26,27,28);3H2,1-2H3/b6-4-,15-9+;. The summed E-state index contributed by atoms with van der Waals surface area (Å²) in [6.45, 7) is 9.84. The van der Waals surface area contributed by atoms with Crippen LogP contribution in [0.25, 0.3) is 16.7 Å². The molecular weight excluding hydrogens is 399 g/mol. The van der Waals surface area contributed by atoms with Crippen LogP contribution in [0.5, 0.6) is 0 Å². The van der Waals surface area contributed by atoms with Crippen molar-refractivity contribution in [3.05, 3.63) is 96.8 Å². The fraction of sp³-hybridized carbons (Fsp3) is 0.200.